The summed E-state index contributed by atoms with van der Waals surface area (Å²) in [6.07, 6.45) is -3.04. The van der Waals surface area contributed by atoms with Crippen LogP contribution in [0.1, 0.15) is 5.56 Å². The Labute approximate surface area is 122 Å². The largest absolute Gasteiger partial charge is 0.416 e. The lowest BCUT2D eigenvalue weighted by atomic mass is 10.00. The first-order valence-corrected chi connectivity index (χ1v) is 6.28. The van der Waals surface area contributed by atoms with Crippen LogP contribution in [0.4, 0.5) is 22.0 Å². The summed E-state index contributed by atoms with van der Waals surface area (Å²) in [4.78, 5) is 4.00. The third-order valence-corrected chi connectivity index (χ3v) is 3.30. The van der Waals surface area contributed by atoms with Crippen molar-refractivity contribution in [1.82, 2.24) is 4.98 Å². The summed E-state index contributed by atoms with van der Waals surface area (Å²) < 4.78 is 65.1. The average molecular weight is 309 g/mol. The van der Waals surface area contributed by atoms with Crippen molar-refractivity contribution in [2.24, 2.45) is 0 Å². The van der Waals surface area contributed by atoms with E-state index in [0.29, 0.717) is 5.56 Å². The predicted molar refractivity (Wildman–Crippen MR) is 72.1 cm³/mol. The van der Waals surface area contributed by atoms with E-state index in [0.717, 1.165) is 18.2 Å². The minimum absolute atomic E-state index is 0.0163. The van der Waals surface area contributed by atoms with E-state index in [9.17, 15) is 22.0 Å². The number of hydrogen-bond acceptors (Lipinski definition) is 1. The molecule has 1 nitrogen and oxygen atoms in total. The summed E-state index contributed by atoms with van der Waals surface area (Å²) in [5, 5.41) is -0.0163. The van der Waals surface area contributed by atoms with Crippen LogP contribution >= 0.6 is 0 Å². The van der Waals surface area contributed by atoms with Gasteiger partial charge in [-0.3, -0.25) is 4.98 Å². The van der Waals surface area contributed by atoms with Crippen molar-refractivity contribution in [2.45, 2.75) is 6.18 Å². The highest BCUT2D eigenvalue weighted by Gasteiger charge is 2.30. The van der Waals surface area contributed by atoms with E-state index in [1.165, 1.54) is 30.5 Å². The van der Waals surface area contributed by atoms with E-state index in [2.05, 4.69) is 4.98 Å². The number of pyridine rings is 1. The summed E-state index contributed by atoms with van der Waals surface area (Å²) in [5.41, 5.74) is -0.0453. The van der Waals surface area contributed by atoms with Crippen LogP contribution in [0.5, 0.6) is 0 Å². The molecule has 22 heavy (non-hydrogen) atoms. The summed E-state index contributed by atoms with van der Waals surface area (Å²) >= 11 is 0. The molecule has 0 fully saturated rings. The van der Waals surface area contributed by atoms with E-state index in [1.807, 2.05) is 0 Å². The average Bonchev–Trinajstić information content (AvgIpc) is 2.50. The molecule has 0 unspecified atom stereocenters. The summed E-state index contributed by atoms with van der Waals surface area (Å²) in [5.74, 6) is -2.10. The third kappa shape index (κ3) is 2.41. The third-order valence-electron chi connectivity index (χ3n) is 3.30. The van der Waals surface area contributed by atoms with Gasteiger partial charge in [0.2, 0.25) is 0 Å². The Bertz CT molecular complexity index is 838. The lowest BCUT2D eigenvalue weighted by Gasteiger charge is -2.10. The van der Waals surface area contributed by atoms with Crippen LogP contribution in [0.25, 0.3) is 22.0 Å². The molecule has 0 saturated carbocycles. The molecular weight excluding hydrogens is 301 g/mol. The maximum atomic E-state index is 13.8. The van der Waals surface area contributed by atoms with Gasteiger partial charge in [0.05, 0.1) is 11.1 Å². The Kier molecular flexibility index (Phi) is 3.31. The molecule has 3 aromatic rings. The van der Waals surface area contributed by atoms with Gasteiger partial charge in [-0.05, 0) is 35.9 Å². The second-order valence-electron chi connectivity index (χ2n) is 4.69. The quantitative estimate of drug-likeness (QED) is 0.563. The number of nitrogens with zero attached hydrogens (tertiary/aromatic N) is 1. The van der Waals surface area contributed by atoms with Gasteiger partial charge in [-0.1, -0.05) is 12.1 Å². The zero-order chi connectivity index (χ0) is 15.9. The maximum Gasteiger partial charge on any atom is 0.416 e. The first-order valence-electron chi connectivity index (χ1n) is 6.28. The fourth-order valence-corrected chi connectivity index (χ4v) is 2.24. The van der Waals surface area contributed by atoms with E-state index < -0.39 is 23.4 Å². The number of benzene rings is 2. The van der Waals surface area contributed by atoms with Gasteiger partial charge >= 0.3 is 6.18 Å². The number of hydrogen-bond donors (Lipinski definition) is 0. The highest BCUT2D eigenvalue weighted by atomic mass is 19.4. The number of alkyl halides is 3. The van der Waals surface area contributed by atoms with Crippen LogP contribution in [-0.4, -0.2) is 4.98 Å². The van der Waals surface area contributed by atoms with E-state index in [1.54, 1.807) is 0 Å². The van der Waals surface area contributed by atoms with Gasteiger partial charge in [-0.15, -0.1) is 0 Å². The van der Waals surface area contributed by atoms with Gasteiger partial charge in [0.1, 0.15) is 0 Å². The van der Waals surface area contributed by atoms with E-state index in [-0.39, 0.29) is 16.5 Å². The molecule has 0 N–H and O–H groups in total. The van der Waals surface area contributed by atoms with Crippen LogP contribution in [0.2, 0.25) is 0 Å². The number of halogens is 5. The van der Waals surface area contributed by atoms with E-state index >= 15 is 0 Å². The molecule has 0 aliphatic carbocycles. The molecular formula is C16H8F5N. The number of fused-ring (bicyclic) bond motifs is 1. The maximum absolute atomic E-state index is 13.8. The minimum Gasteiger partial charge on any atom is -0.255 e. The normalized spacial score (nSPS) is 11.9. The highest BCUT2D eigenvalue weighted by Crippen LogP contribution is 2.34. The topological polar surface area (TPSA) is 12.9 Å². The standard InChI is InChI=1S/C16H8F5N/c17-13-8-12(15-11(14(13)18)2-1-7-22-15)9-3-5-10(6-4-9)16(19,20)21/h1-8H. The molecule has 0 spiro atoms. The molecule has 0 bridgehead atoms. The molecule has 0 atom stereocenters. The minimum atomic E-state index is -4.45. The molecule has 0 radical (unpaired) electrons. The molecule has 0 amide bonds. The lowest BCUT2D eigenvalue weighted by molar-refractivity contribution is -0.137. The molecule has 1 heterocycles. The Morgan fingerprint density at radius 3 is 2.23 bits per heavy atom. The van der Waals surface area contributed by atoms with Gasteiger partial charge in [-0.25, -0.2) is 8.78 Å². The molecule has 0 saturated heterocycles. The lowest BCUT2D eigenvalue weighted by Crippen LogP contribution is -2.04. The molecule has 112 valence electrons. The van der Waals surface area contributed by atoms with Crippen molar-refractivity contribution in [3.63, 3.8) is 0 Å². The van der Waals surface area contributed by atoms with Gasteiger partial charge in [0.25, 0.3) is 0 Å². The van der Waals surface area contributed by atoms with Crippen molar-refractivity contribution in [3.05, 3.63) is 65.9 Å². The molecule has 0 aliphatic rings. The second kappa shape index (κ2) is 5.05. The smallest absolute Gasteiger partial charge is 0.255 e. The summed E-state index contributed by atoms with van der Waals surface area (Å²) in [7, 11) is 0. The number of aromatic nitrogens is 1. The number of rotatable bonds is 1. The van der Waals surface area contributed by atoms with Crippen LogP contribution in [0, 0.1) is 11.6 Å². The molecule has 1 aromatic heterocycles. The first-order chi connectivity index (χ1) is 10.4. The van der Waals surface area contributed by atoms with Crippen LogP contribution < -0.4 is 0 Å². The van der Waals surface area contributed by atoms with Crippen molar-refractivity contribution in [1.29, 1.82) is 0 Å². The molecule has 0 aliphatic heterocycles. The SMILES string of the molecule is Fc1cc(-c2ccc(C(F)(F)F)cc2)c2ncccc2c1F. The van der Waals surface area contributed by atoms with Gasteiger partial charge < -0.3 is 0 Å². The summed E-state index contributed by atoms with van der Waals surface area (Å²) in [6, 6.07) is 7.98. The predicted octanol–water partition coefficient (Wildman–Crippen LogP) is 5.20. The van der Waals surface area contributed by atoms with Crippen molar-refractivity contribution < 1.29 is 22.0 Å². The molecule has 3 rings (SSSR count). The Morgan fingerprint density at radius 1 is 0.909 bits per heavy atom. The first kappa shape index (κ1) is 14.4. The molecule has 6 heteroatoms. The van der Waals surface area contributed by atoms with Crippen LogP contribution in [0.15, 0.2) is 48.7 Å². The monoisotopic (exact) mass is 309 g/mol. The molecule has 2 aromatic carbocycles. The van der Waals surface area contributed by atoms with Gasteiger partial charge in [-0.2, -0.15) is 13.2 Å². The Morgan fingerprint density at radius 2 is 1.59 bits per heavy atom. The Balaban J connectivity index is 2.20. The van der Waals surface area contributed by atoms with E-state index in [4.69, 9.17) is 0 Å². The van der Waals surface area contributed by atoms with Crippen molar-refractivity contribution >= 4 is 10.9 Å². The van der Waals surface area contributed by atoms with Crippen molar-refractivity contribution in [2.75, 3.05) is 0 Å². The highest BCUT2D eigenvalue weighted by molar-refractivity contribution is 5.94. The van der Waals surface area contributed by atoms with Gasteiger partial charge in [0, 0.05) is 17.1 Å². The fourth-order valence-electron chi connectivity index (χ4n) is 2.24. The van der Waals surface area contributed by atoms with Crippen LogP contribution in [-0.2, 0) is 6.18 Å². The van der Waals surface area contributed by atoms with Crippen molar-refractivity contribution in [3.8, 4) is 11.1 Å². The zero-order valence-electron chi connectivity index (χ0n) is 11.0. The van der Waals surface area contributed by atoms with Crippen LogP contribution in [0.3, 0.4) is 0 Å². The zero-order valence-corrected chi connectivity index (χ0v) is 11.0. The van der Waals surface area contributed by atoms with Gasteiger partial charge in [0.15, 0.2) is 11.6 Å². The fraction of sp³-hybridized carbons (Fsp3) is 0.0625. The Hall–Kier alpha value is -2.50. The second-order valence-corrected chi connectivity index (χ2v) is 4.69. The summed E-state index contributed by atoms with van der Waals surface area (Å²) in [6.45, 7) is 0.